The Bertz CT molecular complexity index is 301. The van der Waals surface area contributed by atoms with Crippen molar-refractivity contribution in [3.8, 4) is 11.5 Å². The smallest absolute Gasteiger partial charge is 0.387 e. The average Bonchev–Trinajstić information content (AvgIpc) is 2.01. The van der Waals surface area contributed by atoms with E-state index in [1.807, 2.05) is 0 Å². The third-order valence-electron chi connectivity index (χ3n) is 1.86. The van der Waals surface area contributed by atoms with Crippen LogP contribution < -0.4 is 9.47 Å². The molecule has 78 valence electrons. The zero-order valence-electron chi connectivity index (χ0n) is 8.30. The van der Waals surface area contributed by atoms with E-state index in [0.717, 1.165) is 11.1 Å². The van der Waals surface area contributed by atoms with E-state index in [2.05, 4.69) is 4.74 Å². The SMILES string of the molecule is COc1c(C)cc(OC(F)F)cc1C. The van der Waals surface area contributed by atoms with Gasteiger partial charge in [0.05, 0.1) is 7.11 Å². The molecule has 2 nitrogen and oxygen atoms in total. The molecule has 0 radical (unpaired) electrons. The van der Waals surface area contributed by atoms with Gasteiger partial charge in [-0.05, 0) is 37.1 Å². The quantitative estimate of drug-likeness (QED) is 0.750. The van der Waals surface area contributed by atoms with Crippen molar-refractivity contribution in [2.24, 2.45) is 0 Å². The molecule has 4 heteroatoms. The summed E-state index contributed by atoms with van der Waals surface area (Å²) in [4.78, 5) is 0. The number of ether oxygens (including phenoxy) is 2. The molecule has 0 N–H and O–H groups in total. The van der Waals surface area contributed by atoms with E-state index < -0.39 is 6.61 Å². The number of halogens is 2. The highest BCUT2D eigenvalue weighted by atomic mass is 19.3. The van der Waals surface area contributed by atoms with Gasteiger partial charge >= 0.3 is 6.61 Å². The highest BCUT2D eigenvalue weighted by Gasteiger charge is 2.09. The summed E-state index contributed by atoms with van der Waals surface area (Å²) in [5, 5.41) is 0. The largest absolute Gasteiger partial charge is 0.496 e. The molecule has 0 heterocycles. The maximum atomic E-state index is 11.9. The van der Waals surface area contributed by atoms with Gasteiger partial charge in [-0.25, -0.2) is 0 Å². The molecule has 0 fully saturated rings. The lowest BCUT2D eigenvalue weighted by atomic mass is 10.1. The Balaban J connectivity index is 3.01. The van der Waals surface area contributed by atoms with E-state index in [4.69, 9.17) is 4.74 Å². The molecule has 0 aromatic heterocycles. The van der Waals surface area contributed by atoms with Crippen LogP contribution >= 0.6 is 0 Å². The third-order valence-corrected chi connectivity index (χ3v) is 1.86. The van der Waals surface area contributed by atoms with Crippen molar-refractivity contribution in [2.75, 3.05) is 7.11 Å². The standard InChI is InChI=1S/C10H12F2O2/c1-6-4-8(14-10(11)12)5-7(2)9(6)13-3/h4-5,10H,1-3H3. The molecule has 0 saturated carbocycles. The minimum atomic E-state index is -2.79. The summed E-state index contributed by atoms with van der Waals surface area (Å²) in [6, 6.07) is 3.05. The van der Waals surface area contributed by atoms with E-state index in [1.165, 1.54) is 12.1 Å². The van der Waals surface area contributed by atoms with Crippen molar-refractivity contribution in [3.05, 3.63) is 23.3 Å². The Labute approximate surface area is 81.4 Å². The molecule has 0 aliphatic rings. The lowest BCUT2D eigenvalue weighted by Crippen LogP contribution is -2.03. The first-order chi connectivity index (χ1) is 6.54. The first kappa shape index (κ1) is 10.8. The Hall–Kier alpha value is -1.32. The number of aryl methyl sites for hydroxylation is 2. The maximum Gasteiger partial charge on any atom is 0.387 e. The predicted octanol–water partition coefficient (Wildman–Crippen LogP) is 2.91. The van der Waals surface area contributed by atoms with Crippen LogP contribution in [0.4, 0.5) is 8.78 Å². The van der Waals surface area contributed by atoms with Crippen molar-refractivity contribution in [1.29, 1.82) is 0 Å². The fourth-order valence-electron chi connectivity index (χ4n) is 1.40. The Morgan fingerprint density at radius 1 is 1.14 bits per heavy atom. The summed E-state index contributed by atoms with van der Waals surface area (Å²) in [7, 11) is 1.54. The Morgan fingerprint density at radius 3 is 2.00 bits per heavy atom. The fraction of sp³-hybridized carbons (Fsp3) is 0.400. The molecule has 1 rings (SSSR count). The van der Waals surface area contributed by atoms with Crippen LogP contribution in [0, 0.1) is 13.8 Å². The van der Waals surface area contributed by atoms with E-state index in [9.17, 15) is 8.78 Å². The lowest BCUT2D eigenvalue weighted by molar-refractivity contribution is -0.0499. The monoisotopic (exact) mass is 202 g/mol. The van der Waals surface area contributed by atoms with Crippen LogP contribution in [0.1, 0.15) is 11.1 Å². The van der Waals surface area contributed by atoms with Gasteiger partial charge in [-0.3, -0.25) is 0 Å². The summed E-state index contributed by atoms with van der Waals surface area (Å²) in [6.45, 7) is 0.774. The normalized spacial score (nSPS) is 10.4. The molecule has 0 saturated heterocycles. The van der Waals surface area contributed by atoms with Gasteiger partial charge in [0.15, 0.2) is 0 Å². The second-order valence-corrected chi connectivity index (χ2v) is 2.97. The Kier molecular flexibility index (Phi) is 3.28. The molecule has 0 unspecified atom stereocenters. The van der Waals surface area contributed by atoms with Crippen molar-refractivity contribution >= 4 is 0 Å². The van der Waals surface area contributed by atoms with Crippen LogP contribution in [0.3, 0.4) is 0 Å². The molecular weight excluding hydrogens is 190 g/mol. The zero-order chi connectivity index (χ0) is 10.7. The highest BCUT2D eigenvalue weighted by Crippen LogP contribution is 2.28. The van der Waals surface area contributed by atoms with E-state index in [1.54, 1.807) is 21.0 Å². The van der Waals surface area contributed by atoms with Crippen molar-refractivity contribution in [1.82, 2.24) is 0 Å². The number of hydrogen-bond acceptors (Lipinski definition) is 2. The molecule has 0 atom stereocenters. The molecule has 0 aliphatic heterocycles. The summed E-state index contributed by atoms with van der Waals surface area (Å²) in [5.41, 5.74) is 1.56. The van der Waals surface area contributed by atoms with Crippen molar-refractivity contribution in [2.45, 2.75) is 20.5 Å². The maximum absolute atomic E-state index is 11.9. The van der Waals surface area contributed by atoms with Crippen molar-refractivity contribution in [3.63, 3.8) is 0 Å². The van der Waals surface area contributed by atoms with Gasteiger partial charge in [-0.15, -0.1) is 0 Å². The molecule has 0 spiro atoms. The molecule has 0 aliphatic carbocycles. The molecule has 14 heavy (non-hydrogen) atoms. The number of benzene rings is 1. The van der Waals surface area contributed by atoms with Crippen LogP contribution in [0.5, 0.6) is 11.5 Å². The van der Waals surface area contributed by atoms with E-state index >= 15 is 0 Å². The first-order valence-electron chi connectivity index (χ1n) is 4.14. The van der Waals surface area contributed by atoms with Gasteiger partial charge in [0, 0.05) is 0 Å². The Morgan fingerprint density at radius 2 is 1.64 bits per heavy atom. The summed E-state index contributed by atoms with van der Waals surface area (Å²) >= 11 is 0. The minimum Gasteiger partial charge on any atom is -0.496 e. The summed E-state index contributed by atoms with van der Waals surface area (Å²) < 4.78 is 33.2. The molecular formula is C10H12F2O2. The van der Waals surface area contributed by atoms with E-state index in [0.29, 0.717) is 5.75 Å². The van der Waals surface area contributed by atoms with Crippen LogP contribution in [0.15, 0.2) is 12.1 Å². The number of alkyl halides is 2. The molecule has 1 aromatic rings. The van der Waals surface area contributed by atoms with Crippen LogP contribution in [0.25, 0.3) is 0 Å². The second kappa shape index (κ2) is 4.26. The molecule has 0 bridgehead atoms. The van der Waals surface area contributed by atoms with Gasteiger partial charge in [0.1, 0.15) is 11.5 Å². The predicted molar refractivity (Wildman–Crippen MR) is 49.1 cm³/mol. The first-order valence-corrected chi connectivity index (χ1v) is 4.14. The number of rotatable bonds is 3. The van der Waals surface area contributed by atoms with Gasteiger partial charge < -0.3 is 9.47 Å². The van der Waals surface area contributed by atoms with E-state index in [-0.39, 0.29) is 5.75 Å². The lowest BCUT2D eigenvalue weighted by Gasteiger charge is -2.11. The van der Waals surface area contributed by atoms with Crippen LogP contribution in [0.2, 0.25) is 0 Å². The summed E-state index contributed by atoms with van der Waals surface area (Å²) in [5.74, 6) is 0.863. The molecule has 1 aromatic carbocycles. The minimum absolute atomic E-state index is 0.163. The van der Waals surface area contributed by atoms with Crippen LogP contribution in [-0.2, 0) is 0 Å². The van der Waals surface area contributed by atoms with Gasteiger partial charge in [0.2, 0.25) is 0 Å². The number of methoxy groups -OCH3 is 1. The van der Waals surface area contributed by atoms with Gasteiger partial charge in [-0.2, -0.15) is 8.78 Å². The highest BCUT2D eigenvalue weighted by molar-refractivity contribution is 5.45. The number of hydrogen-bond donors (Lipinski definition) is 0. The zero-order valence-corrected chi connectivity index (χ0v) is 8.30. The third kappa shape index (κ3) is 2.34. The second-order valence-electron chi connectivity index (χ2n) is 2.97. The summed E-state index contributed by atoms with van der Waals surface area (Å²) in [6.07, 6.45) is 0. The van der Waals surface area contributed by atoms with Gasteiger partial charge in [0.25, 0.3) is 0 Å². The average molecular weight is 202 g/mol. The molecule has 0 amide bonds. The van der Waals surface area contributed by atoms with Gasteiger partial charge in [-0.1, -0.05) is 0 Å². The van der Waals surface area contributed by atoms with Crippen molar-refractivity contribution < 1.29 is 18.3 Å². The van der Waals surface area contributed by atoms with Crippen LogP contribution in [-0.4, -0.2) is 13.7 Å². The fourth-order valence-corrected chi connectivity index (χ4v) is 1.40. The topological polar surface area (TPSA) is 18.5 Å².